The van der Waals surface area contributed by atoms with Gasteiger partial charge in [-0.3, -0.25) is 0 Å². The van der Waals surface area contributed by atoms with Crippen molar-refractivity contribution in [2.45, 2.75) is 19.2 Å². The Hall–Kier alpha value is -0.660. The summed E-state index contributed by atoms with van der Waals surface area (Å²) in [7, 11) is 1.47. The topological polar surface area (TPSA) is 42.4 Å². The van der Waals surface area contributed by atoms with Gasteiger partial charge in [0.1, 0.15) is 0 Å². The first kappa shape index (κ1) is 13.4. The van der Waals surface area contributed by atoms with E-state index in [4.69, 9.17) is 4.74 Å². The highest BCUT2D eigenvalue weighted by molar-refractivity contribution is 7.11. The monoisotopic (exact) mass is 255 g/mol. The van der Waals surface area contributed by atoms with Crippen molar-refractivity contribution in [2.24, 2.45) is 5.92 Å². The number of ether oxygens (including phenoxy) is 1. The second-order valence-electron chi connectivity index (χ2n) is 3.44. The third kappa shape index (κ3) is 3.16. The van der Waals surface area contributed by atoms with E-state index in [0.29, 0.717) is 11.3 Å². The molecule has 0 amide bonds. The van der Waals surface area contributed by atoms with Crippen LogP contribution in [0.5, 0.6) is 0 Å². The molecule has 0 fully saturated rings. The molecule has 0 radical (unpaired) electrons. The first-order chi connectivity index (χ1) is 7.36. The van der Waals surface area contributed by atoms with Crippen molar-refractivity contribution >= 4 is 11.3 Å². The highest BCUT2D eigenvalue weighted by Crippen LogP contribution is 2.35. The van der Waals surface area contributed by atoms with Gasteiger partial charge in [0, 0.05) is 19.2 Å². The van der Waals surface area contributed by atoms with E-state index in [2.05, 4.69) is 4.98 Å². The minimum Gasteiger partial charge on any atom is -0.387 e. The number of alkyl halides is 3. The van der Waals surface area contributed by atoms with Crippen LogP contribution in [-0.4, -0.2) is 23.8 Å². The van der Waals surface area contributed by atoms with Crippen LogP contribution in [0.2, 0.25) is 0 Å². The smallest absolute Gasteiger partial charge is 0.387 e. The third-order valence-corrected chi connectivity index (χ3v) is 3.14. The number of thiazole rings is 1. The second kappa shape index (κ2) is 5.11. The summed E-state index contributed by atoms with van der Waals surface area (Å²) in [6, 6.07) is 0. The molecule has 1 rings (SSSR count). The lowest BCUT2D eigenvalue weighted by atomic mass is 10.1. The zero-order valence-electron chi connectivity index (χ0n) is 8.78. The fourth-order valence-electron chi connectivity index (χ4n) is 1.19. The number of hydrogen-bond acceptors (Lipinski definition) is 4. The zero-order chi connectivity index (χ0) is 12.3. The van der Waals surface area contributed by atoms with Gasteiger partial charge >= 0.3 is 6.18 Å². The summed E-state index contributed by atoms with van der Waals surface area (Å²) in [5.41, 5.74) is 0. The molecule has 1 N–H and O–H groups in total. The minimum atomic E-state index is -4.45. The van der Waals surface area contributed by atoms with Gasteiger partial charge in [0.05, 0.1) is 17.6 Å². The van der Waals surface area contributed by atoms with Crippen LogP contribution < -0.4 is 0 Å². The summed E-state index contributed by atoms with van der Waals surface area (Å²) < 4.78 is 41.6. The Morgan fingerprint density at radius 3 is 2.62 bits per heavy atom. The molecular formula is C9H12F3NO2S. The van der Waals surface area contributed by atoms with Gasteiger partial charge in [-0.15, -0.1) is 11.3 Å². The standard InChI is InChI=1S/C9H12F3NO2S/c1-5(4-15-2)7(14)6-3-13-8(16-6)9(10,11)12/h3,5,7,14H,4H2,1-2H3. The Labute approximate surface area is 94.9 Å². The third-order valence-electron chi connectivity index (χ3n) is 2.03. The first-order valence-corrected chi connectivity index (χ1v) is 5.37. The van der Waals surface area contributed by atoms with Gasteiger partial charge in [-0.1, -0.05) is 6.92 Å². The van der Waals surface area contributed by atoms with Crippen LogP contribution in [0.1, 0.15) is 22.9 Å². The molecule has 3 nitrogen and oxygen atoms in total. The Balaban J connectivity index is 2.78. The molecule has 0 aliphatic carbocycles. The first-order valence-electron chi connectivity index (χ1n) is 4.56. The predicted molar refractivity (Wildman–Crippen MR) is 53.1 cm³/mol. The summed E-state index contributed by atoms with van der Waals surface area (Å²) in [6.45, 7) is 1.97. The molecule has 0 saturated heterocycles. The fourth-order valence-corrected chi connectivity index (χ4v) is 2.09. The van der Waals surface area contributed by atoms with Gasteiger partial charge in [0.15, 0.2) is 5.01 Å². The van der Waals surface area contributed by atoms with Gasteiger partial charge in [0.2, 0.25) is 0 Å². The summed E-state index contributed by atoms with van der Waals surface area (Å²) >= 11 is 0.460. The van der Waals surface area contributed by atoms with E-state index >= 15 is 0 Å². The van der Waals surface area contributed by atoms with Crippen LogP contribution in [0.25, 0.3) is 0 Å². The Morgan fingerprint density at radius 2 is 2.19 bits per heavy atom. The number of halogens is 3. The van der Waals surface area contributed by atoms with Crippen LogP contribution in [0.3, 0.4) is 0 Å². The Morgan fingerprint density at radius 1 is 1.56 bits per heavy atom. The number of aliphatic hydroxyl groups excluding tert-OH is 1. The van der Waals surface area contributed by atoms with Crippen LogP contribution in [0.15, 0.2) is 6.20 Å². The lowest BCUT2D eigenvalue weighted by Gasteiger charge is -2.15. The molecule has 1 aromatic heterocycles. The Bertz CT molecular complexity index is 340. The van der Waals surface area contributed by atoms with Crippen LogP contribution in [0.4, 0.5) is 13.2 Å². The van der Waals surface area contributed by atoms with Gasteiger partial charge < -0.3 is 9.84 Å². The van der Waals surface area contributed by atoms with Gasteiger partial charge in [-0.25, -0.2) is 4.98 Å². The molecule has 16 heavy (non-hydrogen) atoms. The van der Waals surface area contributed by atoms with E-state index in [1.54, 1.807) is 6.92 Å². The molecule has 2 atom stereocenters. The summed E-state index contributed by atoms with van der Waals surface area (Å²) in [5.74, 6) is -0.272. The molecule has 0 aliphatic heterocycles. The van der Waals surface area contributed by atoms with Gasteiger partial charge in [-0.2, -0.15) is 13.2 Å². The number of hydrogen-bond donors (Lipinski definition) is 1. The van der Waals surface area contributed by atoms with Crippen LogP contribution in [0, 0.1) is 5.92 Å². The lowest BCUT2D eigenvalue weighted by Crippen LogP contribution is -2.13. The molecule has 92 valence electrons. The molecule has 0 aliphatic rings. The number of rotatable bonds is 4. The SMILES string of the molecule is COCC(C)C(O)c1cnc(C(F)(F)F)s1. The highest BCUT2D eigenvalue weighted by atomic mass is 32.1. The van der Waals surface area contributed by atoms with Gasteiger partial charge in [0.25, 0.3) is 0 Å². The van der Waals surface area contributed by atoms with Gasteiger partial charge in [-0.05, 0) is 0 Å². The number of methoxy groups -OCH3 is 1. The van der Waals surface area contributed by atoms with E-state index in [-0.39, 0.29) is 17.4 Å². The average molecular weight is 255 g/mol. The van der Waals surface area contributed by atoms with Crippen molar-refractivity contribution in [3.63, 3.8) is 0 Å². The van der Waals surface area contributed by atoms with Crippen molar-refractivity contribution in [3.05, 3.63) is 16.1 Å². The Kier molecular flexibility index (Phi) is 4.28. The van der Waals surface area contributed by atoms with E-state index in [1.807, 2.05) is 0 Å². The molecule has 0 saturated carbocycles. The molecule has 0 bridgehead atoms. The van der Waals surface area contributed by atoms with Crippen molar-refractivity contribution in [1.29, 1.82) is 0 Å². The fraction of sp³-hybridized carbons (Fsp3) is 0.667. The molecule has 1 heterocycles. The zero-order valence-corrected chi connectivity index (χ0v) is 9.60. The van der Waals surface area contributed by atoms with E-state index in [0.717, 1.165) is 6.20 Å². The van der Waals surface area contributed by atoms with Crippen molar-refractivity contribution in [3.8, 4) is 0 Å². The number of nitrogens with zero attached hydrogens (tertiary/aromatic N) is 1. The average Bonchev–Trinajstić information content (AvgIpc) is 2.65. The maximum atomic E-state index is 12.3. The van der Waals surface area contributed by atoms with E-state index in [9.17, 15) is 18.3 Å². The largest absolute Gasteiger partial charge is 0.443 e. The van der Waals surface area contributed by atoms with E-state index < -0.39 is 17.3 Å². The maximum Gasteiger partial charge on any atom is 0.443 e. The summed E-state index contributed by atoms with van der Waals surface area (Å²) in [6.07, 6.45) is -4.37. The highest BCUT2D eigenvalue weighted by Gasteiger charge is 2.35. The quantitative estimate of drug-likeness (QED) is 0.898. The maximum absolute atomic E-state index is 12.3. The van der Waals surface area contributed by atoms with Crippen molar-refractivity contribution in [1.82, 2.24) is 4.98 Å². The number of aliphatic hydroxyl groups is 1. The van der Waals surface area contributed by atoms with E-state index in [1.165, 1.54) is 7.11 Å². The number of aromatic nitrogens is 1. The molecule has 7 heteroatoms. The van der Waals surface area contributed by atoms with Crippen molar-refractivity contribution < 1.29 is 23.0 Å². The molecule has 2 unspecified atom stereocenters. The summed E-state index contributed by atoms with van der Waals surface area (Å²) in [5, 5.41) is 8.78. The predicted octanol–water partition coefficient (Wildman–Crippen LogP) is 2.48. The van der Waals surface area contributed by atoms with Crippen molar-refractivity contribution in [2.75, 3.05) is 13.7 Å². The molecule has 0 aromatic carbocycles. The minimum absolute atomic E-state index is 0.205. The second-order valence-corrected chi connectivity index (χ2v) is 4.51. The summed E-state index contributed by atoms with van der Waals surface area (Å²) in [4.78, 5) is 3.45. The molecule has 0 spiro atoms. The molecule has 1 aromatic rings. The molecular weight excluding hydrogens is 243 g/mol. The van der Waals surface area contributed by atoms with Crippen LogP contribution in [-0.2, 0) is 10.9 Å². The lowest BCUT2D eigenvalue weighted by molar-refractivity contribution is -0.137. The van der Waals surface area contributed by atoms with Crippen LogP contribution >= 0.6 is 11.3 Å². The normalized spacial score (nSPS) is 16.1.